The third-order valence-corrected chi connectivity index (χ3v) is 9.47. The highest BCUT2D eigenvalue weighted by Crippen LogP contribution is 2.46. The molecule has 2 bridgehead atoms. The molecule has 3 fully saturated rings. The maximum Gasteiger partial charge on any atom is 0.420 e. The molecule has 1 aliphatic carbocycles. The Morgan fingerprint density at radius 2 is 1.71 bits per heavy atom. The predicted octanol–water partition coefficient (Wildman–Crippen LogP) is 8.38. The molecule has 2 heterocycles. The van der Waals surface area contributed by atoms with Crippen LogP contribution in [0.3, 0.4) is 0 Å². The van der Waals surface area contributed by atoms with Gasteiger partial charge in [0, 0.05) is 18.1 Å². The standard InChI is InChI=1S/C31H40F3NO3/c1-3-19-8-12-25(13-9-19)38-28-15-11-20-16-21(10-14-26(20)29(28)31(32,33)34)27(4-2)35-23-6-5-7-24(35)18-22(17-23)30(36)37/h10-11,14-16,19,22-25,27H,3-9,12-13,17-18H2,1-2H3,(H,36,37)/t19-,22?,23?,24?,25+,27?. The highest BCUT2D eigenvalue weighted by atomic mass is 19.4. The molecule has 2 saturated heterocycles. The van der Waals surface area contributed by atoms with Gasteiger partial charge in [0.05, 0.1) is 12.0 Å². The molecular weight excluding hydrogens is 491 g/mol. The number of carbonyl (C=O) groups is 1. The van der Waals surface area contributed by atoms with E-state index in [0.717, 1.165) is 63.4 Å². The highest BCUT2D eigenvalue weighted by molar-refractivity contribution is 5.89. The van der Waals surface area contributed by atoms with Crippen LogP contribution in [0.5, 0.6) is 5.75 Å². The second-order valence-corrected chi connectivity index (χ2v) is 11.7. The zero-order valence-corrected chi connectivity index (χ0v) is 22.5. The Hall–Kier alpha value is -2.28. The van der Waals surface area contributed by atoms with Crippen molar-refractivity contribution in [3.63, 3.8) is 0 Å². The fourth-order valence-corrected chi connectivity index (χ4v) is 7.51. The predicted molar refractivity (Wildman–Crippen MR) is 142 cm³/mol. The average molecular weight is 532 g/mol. The Balaban J connectivity index is 1.44. The lowest BCUT2D eigenvalue weighted by molar-refractivity contribution is -0.147. The van der Waals surface area contributed by atoms with E-state index in [4.69, 9.17) is 4.74 Å². The second-order valence-electron chi connectivity index (χ2n) is 11.7. The topological polar surface area (TPSA) is 49.8 Å². The van der Waals surface area contributed by atoms with E-state index < -0.39 is 17.7 Å². The van der Waals surface area contributed by atoms with Gasteiger partial charge >= 0.3 is 12.1 Å². The summed E-state index contributed by atoms with van der Waals surface area (Å²) in [6.45, 7) is 4.28. The van der Waals surface area contributed by atoms with E-state index in [1.165, 1.54) is 6.07 Å². The van der Waals surface area contributed by atoms with Crippen LogP contribution in [-0.4, -0.2) is 34.2 Å². The number of piperidine rings is 2. The van der Waals surface area contributed by atoms with E-state index in [-0.39, 0.29) is 41.3 Å². The maximum absolute atomic E-state index is 14.4. The van der Waals surface area contributed by atoms with Gasteiger partial charge in [-0.15, -0.1) is 0 Å². The van der Waals surface area contributed by atoms with Gasteiger partial charge in [-0.1, -0.05) is 44.9 Å². The summed E-state index contributed by atoms with van der Waals surface area (Å²) in [4.78, 5) is 14.2. The van der Waals surface area contributed by atoms with Gasteiger partial charge in [-0.25, -0.2) is 0 Å². The SMILES string of the molecule is CCC(c1ccc2c(C(F)(F)F)c(O[C@H]3CC[C@@H](CC)CC3)ccc2c1)N1C2CCCC1CC(C(=O)O)C2. The Morgan fingerprint density at radius 1 is 1.03 bits per heavy atom. The molecule has 0 radical (unpaired) electrons. The molecule has 3 unspecified atom stereocenters. The quantitative estimate of drug-likeness (QED) is 0.390. The lowest BCUT2D eigenvalue weighted by Gasteiger charge is -2.51. The Bertz CT molecular complexity index is 1130. The third kappa shape index (κ3) is 5.41. The maximum atomic E-state index is 14.4. The number of aliphatic carboxylic acids is 1. The highest BCUT2D eigenvalue weighted by Gasteiger charge is 2.44. The van der Waals surface area contributed by atoms with Gasteiger partial charge < -0.3 is 9.84 Å². The molecule has 7 heteroatoms. The van der Waals surface area contributed by atoms with Crippen molar-refractivity contribution in [1.82, 2.24) is 4.90 Å². The molecular formula is C31H40F3NO3. The number of halogens is 3. The molecule has 0 amide bonds. The van der Waals surface area contributed by atoms with Crippen LogP contribution in [0.1, 0.15) is 102 Å². The van der Waals surface area contributed by atoms with Crippen LogP contribution in [0.4, 0.5) is 13.2 Å². The van der Waals surface area contributed by atoms with E-state index in [1.54, 1.807) is 12.1 Å². The first kappa shape index (κ1) is 27.3. The van der Waals surface area contributed by atoms with Gasteiger partial charge in [0.25, 0.3) is 0 Å². The fraction of sp³-hybridized carbons (Fsp3) is 0.645. The molecule has 0 aromatic heterocycles. The molecule has 208 valence electrons. The summed E-state index contributed by atoms with van der Waals surface area (Å²) in [6, 6.07) is 9.12. The number of benzene rings is 2. The van der Waals surface area contributed by atoms with E-state index in [9.17, 15) is 23.1 Å². The van der Waals surface area contributed by atoms with E-state index >= 15 is 0 Å². The first-order chi connectivity index (χ1) is 18.2. The van der Waals surface area contributed by atoms with Crippen LogP contribution in [0, 0.1) is 11.8 Å². The minimum Gasteiger partial charge on any atom is -0.490 e. The summed E-state index contributed by atoms with van der Waals surface area (Å²) in [5.74, 6) is -0.431. The number of carboxylic acid groups (broad SMARTS) is 1. The lowest BCUT2D eigenvalue weighted by Crippen LogP contribution is -2.54. The van der Waals surface area contributed by atoms with Crippen molar-refractivity contribution in [2.75, 3.05) is 0 Å². The summed E-state index contributed by atoms with van der Waals surface area (Å²) in [7, 11) is 0. The minimum atomic E-state index is -4.52. The second kappa shape index (κ2) is 11.1. The Morgan fingerprint density at radius 3 is 2.29 bits per heavy atom. The fourth-order valence-electron chi connectivity index (χ4n) is 7.51. The molecule has 1 N–H and O–H groups in total. The molecule has 3 atom stereocenters. The number of fused-ring (bicyclic) bond motifs is 3. The molecule has 0 spiro atoms. The Labute approximate surface area is 223 Å². The Kier molecular flexibility index (Phi) is 7.95. The zero-order valence-electron chi connectivity index (χ0n) is 22.5. The van der Waals surface area contributed by atoms with Gasteiger partial charge in [-0.2, -0.15) is 13.2 Å². The number of carboxylic acids is 1. The largest absolute Gasteiger partial charge is 0.490 e. The van der Waals surface area contributed by atoms with Crippen LogP contribution in [0.2, 0.25) is 0 Å². The summed E-state index contributed by atoms with van der Waals surface area (Å²) in [5.41, 5.74) is 0.330. The summed E-state index contributed by atoms with van der Waals surface area (Å²) >= 11 is 0. The number of hydrogen-bond acceptors (Lipinski definition) is 3. The summed E-state index contributed by atoms with van der Waals surface area (Å²) < 4.78 is 49.2. The molecule has 5 rings (SSSR count). The smallest absolute Gasteiger partial charge is 0.420 e. The normalized spacial score (nSPS) is 29.2. The van der Waals surface area contributed by atoms with Gasteiger partial charge in [0.15, 0.2) is 0 Å². The number of rotatable bonds is 7. The molecule has 38 heavy (non-hydrogen) atoms. The van der Waals surface area contributed by atoms with Gasteiger partial charge in [0.1, 0.15) is 11.3 Å². The number of hydrogen-bond donors (Lipinski definition) is 1. The van der Waals surface area contributed by atoms with Gasteiger partial charge in [0.2, 0.25) is 0 Å². The molecule has 2 aliphatic heterocycles. The van der Waals surface area contributed by atoms with Crippen molar-refractivity contribution in [1.29, 1.82) is 0 Å². The van der Waals surface area contributed by atoms with Crippen LogP contribution < -0.4 is 4.74 Å². The summed E-state index contributed by atoms with van der Waals surface area (Å²) in [6.07, 6.45) is 5.19. The molecule has 3 aliphatic rings. The molecule has 2 aromatic rings. The van der Waals surface area contributed by atoms with Crippen molar-refractivity contribution < 1.29 is 27.8 Å². The molecule has 2 aromatic carbocycles. The third-order valence-electron chi connectivity index (χ3n) is 9.47. The number of nitrogens with zero attached hydrogens (tertiary/aromatic N) is 1. The average Bonchev–Trinajstić information content (AvgIpc) is 2.88. The lowest BCUT2D eigenvalue weighted by atomic mass is 9.76. The summed E-state index contributed by atoms with van der Waals surface area (Å²) in [5, 5.41) is 10.4. The zero-order chi connectivity index (χ0) is 27.0. The van der Waals surface area contributed by atoms with Crippen molar-refractivity contribution in [3.8, 4) is 5.75 Å². The number of alkyl halides is 3. The van der Waals surface area contributed by atoms with Gasteiger partial charge in [-0.05, 0) is 92.2 Å². The van der Waals surface area contributed by atoms with Crippen molar-refractivity contribution in [2.24, 2.45) is 11.8 Å². The monoisotopic (exact) mass is 531 g/mol. The van der Waals surface area contributed by atoms with Gasteiger partial charge in [-0.3, -0.25) is 9.69 Å². The van der Waals surface area contributed by atoms with Crippen molar-refractivity contribution in [2.45, 2.75) is 115 Å². The van der Waals surface area contributed by atoms with Crippen molar-refractivity contribution in [3.05, 3.63) is 41.5 Å². The molecule has 1 saturated carbocycles. The number of ether oxygens (including phenoxy) is 1. The van der Waals surface area contributed by atoms with E-state index in [1.807, 2.05) is 12.1 Å². The van der Waals surface area contributed by atoms with E-state index in [2.05, 4.69) is 18.7 Å². The minimum absolute atomic E-state index is 0.0588. The van der Waals surface area contributed by atoms with E-state index in [0.29, 0.717) is 24.1 Å². The van der Waals surface area contributed by atoms with Crippen LogP contribution in [0.15, 0.2) is 30.3 Å². The van der Waals surface area contributed by atoms with Crippen LogP contribution in [0.25, 0.3) is 10.8 Å². The first-order valence-corrected chi connectivity index (χ1v) is 14.5. The molecule has 4 nitrogen and oxygen atoms in total. The van der Waals surface area contributed by atoms with Crippen LogP contribution >= 0.6 is 0 Å². The van der Waals surface area contributed by atoms with Crippen LogP contribution in [-0.2, 0) is 11.0 Å². The van der Waals surface area contributed by atoms with Crippen molar-refractivity contribution >= 4 is 16.7 Å². The first-order valence-electron chi connectivity index (χ1n) is 14.5.